The van der Waals surface area contributed by atoms with E-state index >= 15 is 0 Å². The molecule has 2 unspecified atom stereocenters. The third kappa shape index (κ3) is 4.06. The predicted molar refractivity (Wildman–Crippen MR) is 115 cm³/mol. The van der Waals surface area contributed by atoms with Gasteiger partial charge in [-0.15, -0.1) is 12.4 Å². The third-order valence-electron chi connectivity index (χ3n) is 6.28. The van der Waals surface area contributed by atoms with Crippen LogP contribution in [-0.2, 0) is 11.0 Å². The molecule has 0 radical (unpaired) electrons. The highest BCUT2D eigenvalue weighted by Crippen LogP contribution is 2.49. The van der Waals surface area contributed by atoms with Crippen LogP contribution in [0.25, 0.3) is 0 Å². The van der Waals surface area contributed by atoms with Crippen molar-refractivity contribution < 1.29 is 23.1 Å². The summed E-state index contributed by atoms with van der Waals surface area (Å²) in [7, 11) is 0. The number of hydrogen-bond donors (Lipinski definition) is 1. The molecule has 31 heavy (non-hydrogen) atoms. The lowest BCUT2D eigenvalue weighted by molar-refractivity contribution is -0.137. The summed E-state index contributed by atoms with van der Waals surface area (Å²) in [6, 6.07) is 11.2. The van der Waals surface area contributed by atoms with Gasteiger partial charge in [-0.05, 0) is 56.0 Å². The summed E-state index contributed by atoms with van der Waals surface area (Å²) in [5.74, 6) is -0.239. The van der Waals surface area contributed by atoms with Crippen LogP contribution in [0, 0.1) is 0 Å². The van der Waals surface area contributed by atoms with E-state index in [0.29, 0.717) is 23.4 Å². The second-order valence-corrected chi connectivity index (χ2v) is 9.25. The Labute approximate surface area is 188 Å². The van der Waals surface area contributed by atoms with Crippen LogP contribution in [0.1, 0.15) is 31.2 Å². The van der Waals surface area contributed by atoms with Crippen LogP contribution in [0.3, 0.4) is 0 Å². The van der Waals surface area contributed by atoms with Gasteiger partial charge >= 0.3 is 6.18 Å². The SMILES string of the molecule is Cl.O=C(CN1C2CCC1CC(O)C2)N1c2ccccc2Sc2ccc(C(F)(F)F)cc21. The maximum absolute atomic E-state index is 13.5. The Bertz CT molecular complexity index is 989. The summed E-state index contributed by atoms with van der Waals surface area (Å²) in [6.07, 6.45) is -1.65. The number of hydrogen-bond acceptors (Lipinski definition) is 4. The number of carbonyl (C=O) groups is 1. The fourth-order valence-electron chi connectivity index (χ4n) is 4.93. The third-order valence-corrected chi connectivity index (χ3v) is 7.41. The molecule has 2 bridgehead atoms. The molecule has 1 amide bonds. The molecule has 3 heterocycles. The van der Waals surface area contributed by atoms with Crippen LogP contribution in [0.4, 0.5) is 24.5 Å². The van der Waals surface area contributed by atoms with Crippen molar-refractivity contribution in [2.45, 2.75) is 59.8 Å². The van der Waals surface area contributed by atoms with Crippen LogP contribution in [0.5, 0.6) is 0 Å². The van der Waals surface area contributed by atoms with Crippen molar-refractivity contribution in [1.82, 2.24) is 4.90 Å². The van der Waals surface area contributed by atoms with Crippen molar-refractivity contribution >= 4 is 41.5 Å². The first kappa shape index (κ1) is 22.5. The van der Waals surface area contributed by atoms with Crippen molar-refractivity contribution in [3.05, 3.63) is 48.0 Å². The number of aliphatic hydroxyl groups is 1. The number of aliphatic hydroxyl groups excluding tert-OH is 1. The van der Waals surface area contributed by atoms with Gasteiger partial charge in [0.1, 0.15) is 0 Å². The first-order valence-electron chi connectivity index (χ1n) is 10.1. The molecule has 4 nitrogen and oxygen atoms in total. The average molecular weight is 471 g/mol. The van der Waals surface area contributed by atoms with E-state index in [1.807, 2.05) is 12.1 Å². The largest absolute Gasteiger partial charge is 0.416 e. The van der Waals surface area contributed by atoms with Gasteiger partial charge in [-0.25, -0.2) is 0 Å². The summed E-state index contributed by atoms with van der Waals surface area (Å²) < 4.78 is 40.1. The number of anilines is 2. The number of carbonyl (C=O) groups excluding carboxylic acids is 1. The summed E-state index contributed by atoms with van der Waals surface area (Å²) in [4.78, 5) is 18.5. The van der Waals surface area contributed by atoms with Crippen LogP contribution >= 0.6 is 24.2 Å². The fourth-order valence-corrected chi connectivity index (χ4v) is 5.97. The average Bonchev–Trinajstić information content (AvgIpc) is 2.93. The molecule has 3 aliphatic heterocycles. The minimum atomic E-state index is -4.48. The van der Waals surface area contributed by atoms with E-state index in [2.05, 4.69) is 4.90 Å². The number of amides is 1. The monoisotopic (exact) mass is 470 g/mol. The molecule has 0 aromatic heterocycles. The first-order valence-corrected chi connectivity index (χ1v) is 10.9. The molecule has 0 saturated carbocycles. The number of fused-ring (bicyclic) bond motifs is 4. The lowest BCUT2D eigenvalue weighted by Gasteiger charge is -2.39. The van der Waals surface area contributed by atoms with E-state index in [1.54, 1.807) is 12.1 Å². The standard InChI is InChI=1S/C22H21F3N2O2S.ClH/c23-22(24,25)13-5-8-20-18(9-13)27(17-3-1-2-4-19(17)30-20)21(29)12-26-14-6-7-15(26)11-16(28)10-14;/h1-5,8-9,14-16,28H,6-7,10-12H2;1H. The van der Waals surface area contributed by atoms with Crippen molar-refractivity contribution in [3.8, 4) is 0 Å². The molecule has 2 saturated heterocycles. The highest BCUT2D eigenvalue weighted by Gasteiger charge is 2.42. The summed E-state index contributed by atoms with van der Waals surface area (Å²) in [5.41, 5.74) is 0.131. The van der Waals surface area contributed by atoms with Crippen LogP contribution < -0.4 is 4.90 Å². The van der Waals surface area contributed by atoms with Gasteiger partial charge in [0.05, 0.1) is 29.6 Å². The molecule has 2 atom stereocenters. The van der Waals surface area contributed by atoms with Crippen molar-refractivity contribution in [1.29, 1.82) is 0 Å². The molecule has 5 rings (SSSR count). The molecule has 9 heteroatoms. The Hall–Kier alpha value is -1.74. The maximum atomic E-state index is 13.5. The Balaban J connectivity index is 0.00000231. The molecule has 3 aliphatic rings. The first-order chi connectivity index (χ1) is 14.3. The number of alkyl halides is 3. The Kier molecular flexibility index (Phi) is 6.02. The molecule has 2 aromatic rings. The van der Waals surface area contributed by atoms with E-state index in [-0.39, 0.29) is 48.7 Å². The lowest BCUT2D eigenvalue weighted by Crippen LogP contribution is -2.49. The van der Waals surface area contributed by atoms with Gasteiger partial charge in [0, 0.05) is 21.9 Å². The van der Waals surface area contributed by atoms with E-state index in [9.17, 15) is 23.1 Å². The smallest absolute Gasteiger partial charge is 0.393 e. The van der Waals surface area contributed by atoms with Crippen LogP contribution in [0.2, 0.25) is 0 Å². The summed E-state index contributed by atoms with van der Waals surface area (Å²) in [5, 5.41) is 10.0. The minimum Gasteiger partial charge on any atom is -0.393 e. The van der Waals surface area contributed by atoms with E-state index in [1.165, 1.54) is 22.7 Å². The van der Waals surface area contributed by atoms with Crippen molar-refractivity contribution in [2.24, 2.45) is 0 Å². The summed E-state index contributed by atoms with van der Waals surface area (Å²) >= 11 is 1.37. The predicted octanol–water partition coefficient (Wildman–Crippen LogP) is 5.24. The second kappa shape index (κ2) is 8.31. The highest BCUT2D eigenvalue weighted by molar-refractivity contribution is 7.99. The van der Waals surface area contributed by atoms with Crippen LogP contribution in [-0.4, -0.2) is 40.6 Å². The molecular weight excluding hydrogens is 449 g/mol. The molecule has 0 spiro atoms. The number of rotatable bonds is 2. The zero-order valence-corrected chi connectivity index (χ0v) is 18.1. The van der Waals surface area contributed by atoms with Crippen molar-refractivity contribution in [3.63, 3.8) is 0 Å². The van der Waals surface area contributed by atoms with Gasteiger partial charge in [0.2, 0.25) is 5.91 Å². The summed E-state index contributed by atoms with van der Waals surface area (Å²) in [6.45, 7) is 0.136. The number of halogens is 4. The number of nitrogens with zero attached hydrogens (tertiary/aromatic N) is 2. The molecular formula is C22H22ClF3N2O2S. The van der Waals surface area contributed by atoms with E-state index < -0.39 is 11.7 Å². The van der Waals surface area contributed by atoms with Gasteiger partial charge in [0.15, 0.2) is 0 Å². The van der Waals surface area contributed by atoms with Gasteiger partial charge < -0.3 is 5.11 Å². The van der Waals surface area contributed by atoms with Gasteiger partial charge in [-0.1, -0.05) is 23.9 Å². The molecule has 2 aromatic carbocycles. The number of benzene rings is 2. The zero-order valence-electron chi connectivity index (χ0n) is 16.5. The minimum absolute atomic E-state index is 0. The highest BCUT2D eigenvalue weighted by atomic mass is 35.5. The zero-order chi connectivity index (χ0) is 21.0. The molecule has 1 N–H and O–H groups in total. The quantitative estimate of drug-likeness (QED) is 0.651. The van der Waals surface area contributed by atoms with Crippen molar-refractivity contribution in [2.75, 3.05) is 11.4 Å². The Morgan fingerprint density at radius 2 is 1.68 bits per heavy atom. The second-order valence-electron chi connectivity index (χ2n) is 8.16. The topological polar surface area (TPSA) is 43.8 Å². The van der Waals surface area contributed by atoms with E-state index in [0.717, 1.165) is 29.9 Å². The van der Waals surface area contributed by atoms with Gasteiger partial charge in [0.25, 0.3) is 0 Å². The maximum Gasteiger partial charge on any atom is 0.416 e. The normalized spacial score (nSPS) is 24.9. The lowest BCUT2D eigenvalue weighted by atomic mass is 10.00. The number of piperidine rings is 1. The molecule has 0 aliphatic carbocycles. The molecule has 166 valence electrons. The van der Waals surface area contributed by atoms with E-state index in [4.69, 9.17) is 0 Å². The van der Waals surface area contributed by atoms with Crippen LogP contribution in [0.15, 0.2) is 52.3 Å². The fraction of sp³-hybridized carbons (Fsp3) is 0.409. The van der Waals surface area contributed by atoms with Gasteiger partial charge in [-0.3, -0.25) is 14.6 Å². The Morgan fingerprint density at radius 3 is 2.35 bits per heavy atom. The number of para-hydroxylation sites is 1. The Morgan fingerprint density at radius 1 is 1.03 bits per heavy atom. The molecule has 2 fully saturated rings. The van der Waals surface area contributed by atoms with Gasteiger partial charge in [-0.2, -0.15) is 13.2 Å².